The summed E-state index contributed by atoms with van der Waals surface area (Å²) in [7, 11) is 0. The Balaban J connectivity index is 1.50. The average Bonchev–Trinajstić information content (AvgIpc) is 2.87. The van der Waals surface area contributed by atoms with E-state index in [0.717, 1.165) is 17.2 Å². The fourth-order valence-electron chi connectivity index (χ4n) is 5.03. The Hall–Kier alpha value is -3.16. The molecule has 2 atom stereocenters. The molecule has 1 fully saturated rings. The lowest BCUT2D eigenvalue weighted by Gasteiger charge is -2.44. The molecule has 1 aliphatic rings. The highest BCUT2D eigenvalue weighted by Gasteiger charge is 2.41. The molecule has 7 heteroatoms. The highest BCUT2D eigenvalue weighted by atomic mass is 19.1. The molecule has 1 saturated heterocycles. The molecule has 0 aliphatic carbocycles. The number of hydrogen-bond donors (Lipinski definition) is 1. The van der Waals surface area contributed by atoms with E-state index in [9.17, 15) is 18.0 Å². The molecular formula is C29H30F3NO3. The summed E-state index contributed by atoms with van der Waals surface area (Å²) in [6, 6.07) is 16.9. The maximum atomic E-state index is 14.2. The van der Waals surface area contributed by atoms with Gasteiger partial charge in [0.15, 0.2) is 0 Å². The van der Waals surface area contributed by atoms with Gasteiger partial charge in [0, 0.05) is 36.6 Å². The van der Waals surface area contributed by atoms with Crippen LogP contribution in [0.2, 0.25) is 0 Å². The highest BCUT2D eigenvalue weighted by Crippen LogP contribution is 2.41. The molecule has 36 heavy (non-hydrogen) atoms. The van der Waals surface area contributed by atoms with Crippen LogP contribution < -0.4 is 0 Å². The smallest absolute Gasteiger partial charge is 0.223 e. The lowest BCUT2D eigenvalue weighted by Crippen LogP contribution is -2.47. The van der Waals surface area contributed by atoms with Crippen LogP contribution in [0.3, 0.4) is 0 Å². The third kappa shape index (κ3) is 5.63. The first kappa shape index (κ1) is 25.9. The van der Waals surface area contributed by atoms with Crippen LogP contribution in [0.25, 0.3) is 11.1 Å². The third-order valence-corrected chi connectivity index (χ3v) is 7.16. The summed E-state index contributed by atoms with van der Waals surface area (Å²) in [5, 5.41) is 9.01. The Morgan fingerprint density at radius 3 is 2.31 bits per heavy atom. The zero-order valence-corrected chi connectivity index (χ0v) is 20.2. The van der Waals surface area contributed by atoms with Crippen LogP contribution in [0.15, 0.2) is 66.7 Å². The second-order valence-electron chi connectivity index (χ2n) is 9.31. The molecule has 0 saturated carbocycles. The van der Waals surface area contributed by atoms with Crippen LogP contribution in [0, 0.1) is 17.5 Å². The molecule has 4 nitrogen and oxygen atoms in total. The third-order valence-electron chi connectivity index (χ3n) is 7.16. The number of likely N-dealkylation sites (tertiary alicyclic amines) is 1. The van der Waals surface area contributed by atoms with E-state index in [2.05, 4.69) is 0 Å². The standard InChI is InChI=1S/C29H30F3NO3/c1-20(21-2-4-22(5-3-21)26-11-10-25(31)18-27(26)32)33-14-12-29(19-28(33)35,13-16-36-17-15-34)23-6-8-24(30)9-7-23/h2-11,18,20,34H,12-17,19H2,1H3/t20-,29?/m0/s1. The van der Waals surface area contributed by atoms with Crippen LogP contribution >= 0.6 is 0 Å². The molecule has 4 rings (SSSR count). The SMILES string of the molecule is C[C@@H](c1ccc(-c2ccc(F)cc2F)cc1)N1CCC(CCOCCO)(c2ccc(F)cc2)CC1=O. The van der Waals surface area contributed by atoms with Gasteiger partial charge in [0.2, 0.25) is 5.91 Å². The quantitative estimate of drug-likeness (QED) is 0.381. The highest BCUT2D eigenvalue weighted by molar-refractivity contribution is 5.79. The lowest BCUT2D eigenvalue weighted by molar-refractivity contribution is -0.138. The Morgan fingerprint density at radius 1 is 0.972 bits per heavy atom. The Bertz CT molecular complexity index is 1180. The topological polar surface area (TPSA) is 49.8 Å². The number of ether oxygens (including phenoxy) is 1. The molecule has 0 bridgehead atoms. The van der Waals surface area contributed by atoms with Crippen molar-refractivity contribution in [3.8, 4) is 11.1 Å². The van der Waals surface area contributed by atoms with Crippen LogP contribution in [-0.4, -0.2) is 42.3 Å². The van der Waals surface area contributed by atoms with Gasteiger partial charge in [0.05, 0.1) is 19.3 Å². The van der Waals surface area contributed by atoms with Gasteiger partial charge in [0.1, 0.15) is 17.5 Å². The molecule has 1 unspecified atom stereocenters. The number of piperidine rings is 1. The first-order valence-electron chi connectivity index (χ1n) is 12.1. The van der Waals surface area contributed by atoms with Crippen molar-refractivity contribution < 1.29 is 27.8 Å². The summed E-state index contributed by atoms with van der Waals surface area (Å²) in [5.74, 6) is -1.58. The summed E-state index contributed by atoms with van der Waals surface area (Å²) in [5.41, 5.74) is 2.29. The van der Waals surface area contributed by atoms with Gasteiger partial charge in [-0.05, 0) is 60.7 Å². The van der Waals surface area contributed by atoms with Gasteiger partial charge in [-0.15, -0.1) is 0 Å². The summed E-state index contributed by atoms with van der Waals surface area (Å²) in [6.07, 6.45) is 1.55. The second kappa shape index (κ2) is 11.3. The number of rotatable bonds is 9. The Kier molecular flexibility index (Phi) is 8.11. The van der Waals surface area contributed by atoms with Crippen LogP contribution in [0.4, 0.5) is 13.2 Å². The Labute approximate surface area is 209 Å². The van der Waals surface area contributed by atoms with Gasteiger partial charge < -0.3 is 14.7 Å². The number of hydrogen-bond acceptors (Lipinski definition) is 3. The van der Waals surface area contributed by atoms with Crippen molar-refractivity contribution in [2.45, 2.75) is 37.6 Å². The van der Waals surface area contributed by atoms with Crippen LogP contribution in [0.5, 0.6) is 0 Å². The summed E-state index contributed by atoms with van der Waals surface area (Å²) in [4.78, 5) is 15.2. The molecule has 0 radical (unpaired) electrons. The maximum absolute atomic E-state index is 14.2. The molecular weight excluding hydrogens is 467 g/mol. The first-order chi connectivity index (χ1) is 17.3. The Morgan fingerprint density at radius 2 is 1.67 bits per heavy atom. The molecule has 1 aliphatic heterocycles. The average molecular weight is 498 g/mol. The molecule has 1 heterocycles. The van der Waals surface area contributed by atoms with Gasteiger partial charge in [-0.3, -0.25) is 4.79 Å². The molecule has 0 aromatic heterocycles. The number of halogens is 3. The van der Waals surface area contributed by atoms with E-state index < -0.39 is 17.0 Å². The minimum Gasteiger partial charge on any atom is -0.394 e. The van der Waals surface area contributed by atoms with E-state index in [1.165, 1.54) is 24.3 Å². The van der Waals surface area contributed by atoms with Gasteiger partial charge in [-0.25, -0.2) is 13.2 Å². The zero-order valence-electron chi connectivity index (χ0n) is 20.2. The van der Waals surface area contributed by atoms with E-state index in [1.807, 2.05) is 24.0 Å². The monoisotopic (exact) mass is 497 g/mol. The van der Waals surface area contributed by atoms with Crippen molar-refractivity contribution in [2.75, 3.05) is 26.4 Å². The summed E-state index contributed by atoms with van der Waals surface area (Å²) in [6.45, 7) is 3.03. The number of carbonyl (C=O) groups is 1. The van der Waals surface area contributed by atoms with Gasteiger partial charge in [0.25, 0.3) is 0 Å². The number of carbonyl (C=O) groups excluding carboxylic acids is 1. The number of amides is 1. The molecule has 3 aromatic rings. The van der Waals surface area contributed by atoms with E-state index in [4.69, 9.17) is 9.84 Å². The fraction of sp³-hybridized carbons (Fsp3) is 0.345. The van der Waals surface area contributed by atoms with E-state index in [-0.39, 0.29) is 37.4 Å². The summed E-state index contributed by atoms with van der Waals surface area (Å²) >= 11 is 0. The number of aliphatic hydroxyl groups is 1. The molecule has 1 amide bonds. The molecule has 190 valence electrons. The normalized spacial score (nSPS) is 18.9. The minimum absolute atomic E-state index is 0.00566. The van der Waals surface area contributed by atoms with Gasteiger partial charge >= 0.3 is 0 Å². The molecule has 0 spiro atoms. The van der Waals surface area contributed by atoms with Crippen molar-refractivity contribution in [3.05, 3.63) is 95.3 Å². The predicted molar refractivity (Wildman–Crippen MR) is 132 cm³/mol. The van der Waals surface area contributed by atoms with Crippen molar-refractivity contribution in [1.29, 1.82) is 0 Å². The van der Waals surface area contributed by atoms with Crippen molar-refractivity contribution in [2.24, 2.45) is 0 Å². The second-order valence-corrected chi connectivity index (χ2v) is 9.31. The molecule has 3 aromatic carbocycles. The maximum Gasteiger partial charge on any atom is 0.223 e. The fourth-order valence-corrected chi connectivity index (χ4v) is 5.03. The summed E-state index contributed by atoms with van der Waals surface area (Å²) < 4.78 is 46.5. The molecule has 1 N–H and O–H groups in total. The number of benzene rings is 3. The largest absolute Gasteiger partial charge is 0.394 e. The van der Waals surface area contributed by atoms with Gasteiger partial charge in [-0.1, -0.05) is 36.4 Å². The number of nitrogens with zero attached hydrogens (tertiary/aromatic N) is 1. The first-order valence-corrected chi connectivity index (χ1v) is 12.1. The van der Waals surface area contributed by atoms with Crippen molar-refractivity contribution >= 4 is 5.91 Å². The van der Waals surface area contributed by atoms with Crippen LogP contribution in [-0.2, 0) is 14.9 Å². The zero-order chi connectivity index (χ0) is 25.7. The van der Waals surface area contributed by atoms with Crippen molar-refractivity contribution in [1.82, 2.24) is 4.90 Å². The minimum atomic E-state index is -0.623. The van der Waals surface area contributed by atoms with Gasteiger partial charge in [-0.2, -0.15) is 0 Å². The number of aliphatic hydroxyl groups excluding tert-OH is 1. The van der Waals surface area contributed by atoms with Crippen molar-refractivity contribution in [3.63, 3.8) is 0 Å². The van der Waals surface area contributed by atoms with E-state index >= 15 is 0 Å². The van der Waals surface area contributed by atoms with Crippen LogP contribution in [0.1, 0.15) is 43.4 Å². The lowest BCUT2D eigenvalue weighted by atomic mass is 9.70. The van der Waals surface area contributed by atoms with E-state index in [0.29, 0.717) is 37.1 Å². The van der Waals surface area contributed by atoms with E-state index in [1.54, 1.807) is 24.3 Å². The predicted octanol–water partition coefficient (Wildman–Crippen LogP) is 5.79.